The van der Waals surface area contributed by atoms with Crippen LogP contribution in [0.4, 0.5) is 5.69 Å². The molecule has 0 unspecified atom stereocenters. The molecule has 146 valence electrons. The summed E-state index contributed by atoms with van der Waals surface area (Å²) in [7, 11) is 1.61. The molecule has 3 aliphatic rings. The van der Waals surface area contributed by atoms with E-state index >= 15 is 0 Å². The second-order valence-corrected chi connectivity index (χ2v) is 6.87. The Hall–Kier alpha value is -2.32. The zero-order chi connectivity index (χ0) is 18.8. The first-order chi connectivity index (χ1) is 13.2. The standard InChI is InChI=1S/C19H25N3O5/c1-25-15-4-2-14(3-5-15)22-16(18(23)20-6-10-26-11-7-20)17(22)19(24)21-8-12-27-13-9-21/h2-5,16-17H,6-13H2,1H3/t16-,17-/m1/s1. The summed E-state index contributed by atoms with van der Waals surface area (Å²) in [4.78, 5) is 31.7. The Kier molecular flexibility index (Phi) is 5.18. The van der Waals surface area contributed by atoms with Crippen LogP contribution in [0.1, 0.15) is 0 Å². The lowest BCUT2D eigenvalue weighted by Gasteiger charge is -2.27. The van der Waals surface area contributed by atoms with Crippen LogP contribution in [0.3, 0.4) is 0 Å². The van der Waals surface area contributed by atoms with Crippen LogP contribution in [-0.2, 0) is 19.1 Å². The smallest absolute Gasteiger partial charge is 0.248 e. The van der Waals surface area contributed by atoms with Crippen molar-refractivity contribution in [1.29, 1.82) is 0 Å². The summed E-state index contributed by atoms with van der Waals surface area (Å²) in [5.74, 6) is 0.745. The fourth-order valence-corrected chi connectivity index (χ4v) is 3.76. The molecular formula is C19H25N3O5. The molecule has 4 rings (SSSR count). The maximum absolute atomic E-state index is 13.1. The Bertz CT molecular complexity index is 647. The Morgan fingerprint density at radius 2 is 1.30 bits per heavy atom. The van der Waals surface area contributed by atoms with Gasteiger partial charge >= 0.3 is 0 Å². The molecule has 3 fully saturated rings. The number of benzene rings is 1. The van der Waals surface area contributed by atoms with Gasteiger partial charge in [-0.1, -0.05) is 0 Å². The fraction of sp³-hybridized carbons (Fsp3) is 0.579. The van der Waals surface area contributed by atoms with Gasteiger partial charge in [0.1, 0.15) is 17.8 Å². The van der Waals surface area contributed by atoms with E-state index in [4.69, 9.17) is 14.2 Å². The number of morpholine rings is 2. The van der Waals surface area contributed by atoms with Gasteiger partial charge in [0.05, 0.1) is 33.5 Å². The van der Waals surface area contributed by atoms with Gasteiger partial charge in [0.25, 0.3) is 0 Å². The number of amides is 2. The van der Waals surface area contributed by atoms with E-state index in [9.17, 15) is 9.59 Å². The van der Waals surface area contributed by atoms with E-state index < -0.39 is 12.1 Å². The van der Waals surface area contributed by atoms with E-state index in [1.165, 1.54) is 0 Å². The second kappa shape index (κ2) is 7.74. The normalized spacial score (nSPS) is 25.3. The highest BCUT2D eigenvalue weighted by Gasteiger charge is 2.59. The third-order valence-electron chi connectivity index (χ3n) is 5.33. The van der Waals surface area contributed by atoms with E-state index in [1.807, 2.05) is 29.2 Å². The summed E-state index contributed by atoms with van der Waals surface area (Å²) in [5.41, 5.74) is 0.856. The lowest BCUT2D eigenvalue weighted by Crippen LogP contribution is -2.46. The molecule has 1 aromatic carbocycles. The van der Waals surface area contributed by atoms with Gasteiger partial charge in [0, 0.05) is 31.9 Å². The molecule has 0 aromatic heterocycles. The quantitative estimate of drug-likeness (QED) is 0.689. The van der Waals surface area contributed by atoms with Crippen LogP contribution in [0.5, 0.6) is 5.75 Å². The number of anilines is 1. The number of carbonyl (C=O) groups excluding carboxylic acids is 2. The lowest BCUT2D eigenvalue weighted by molar-refractivity contribution is -0.138. The molecule has 27 heavy (non-hydrogen) atoms. The summed E-state index contributed by atoms with van der Waals surface area (Å²) in [5, 5.41) is 0. The summed E-state index contributed by atoms with van der Waals surface area (Å²) in [6.45, 7) is 4.47. The van der Waals surface area contributed by atoms with Crippen LogP contribution in [0.25, 0.3) is 0 Å². The molecule has 3 saturated heterocycles. The number of nitrogens with zero attached hydrogens (tertiary/aromatic N) is 3. The van der Waals surface area contributed by atoms with Crippen LogP contribution in [-0.4, -0.2) is 93.4 Å². The van der Waals surface area contributed by atoms with E-state index in [1.54, 1.807) is 16.9 Å². The van der Waals surface area contributed by atoms with Gasteiger partial charge in [-0.3, -0.25) is 9.59 Å². The minimum Gasteiger partial charge on any atom is -0.497 e. The third-order valence-corrected chi connectivity index (χ3v) is 5.33. The van der Waals surface area contributed by atoms with E-state index in [0.717, 1.165) is 11.4 Å². The van der Waals surface area contributed by atoms with Gasteiger partial charge in [0.2, 0.25) is 11.8 Å². The fourth-order valence-electron chi connectivity index (χ4n) is 3.76. The minimum absolute atomic E-state index is 0.000674. The minimum atomic E-state index is -0.452. The van der Waals surface area contributed by atoms with E-state index in [-0.39, 0.29) is 11.8 Å². The number of methoxy groups -OCH3 is 1. The van der Waals surface area contributed by atoms with Gasteiger partial charge in [0.15, 0.2) is 0 Å². The van der Waals surface area contributed by atoms with Crippen LogP contribution < -0.4 is 9.64 Å². The average molecular weight is 375 g/mol. The first-order valence-corrected chi connectivity index (χ1v) is 9.36. The summed E-state index contributed by atoms with van der Waals surface area (Å²) < 4.78 is 15.9. The van der Waals surface area contributed by atoms with Gasteiger partial charge in [-0.15, -0.1) is 0 Å². The van der Waals surface area contributed by atoms with Crippen LogP contribution in [0.2, 0.25) is 0 Å². The molecule has 0 aliphatic carbocycles. The zero-order valence-corrected chi connectivity index (χ0v) is 15.5. The number of ether oxygens (including phenoxy) is 3. The molecule has 3 heterocycles. The number of carbonyl (C=O) groups is 2. The summed E-state index contributed by atoms with van der Waals surface area (Å²) >= 11 is 0. The Balaban J connectivity index is 1.55. The Morgan fingerprint density at radius 3 is 1.70 bits per heavy atom. The highest BCUT2D eigenvalue weighted by Crippen LogP contribution is 2.38. The molecule has 0 bridgehead atoms. The van der Waals surface area contributed by atoms with Crippen molar-refractivity contribution in [2.24, 2.45) is 0 Å². The SMILES string of the molecule is COc1ccc(N2[C@@H](C(=O)N3CCOCC3)[C@@H]2C(=O)N2CCOCC2)cc1. The number of rotatable bonds is 4. The van der Waals surface area contributed by atoms with Crippen molar-refractivity contribution in [3.05, 3.63) is 24.3 Å². The zero-order valence-electron chi connectivity index (χ0n) is 15.5. The van der Waals surface area contributed by atoms with Crippen LogP contribution in [0.15, 0.2) is 24.3 Å². The topological polar surface area (TPSA) is 71.3 Å². The molecule has 2 atom stereocenters. The molecule has 2 amide bonds. The molecular weight excluding hydrogens is 350 g/mol. The summed E-state index contributed by atoms with van der Waals surface area (Å²) in [6.07, 6.45) is 0. The molecule has 3 aliphatic heterocycles. The second-order valence-electron chi connectivity index (χ2n) is 6.87. The average Bonchev–Trinajstić information content (AvgIpc) is 3.49. The molecule has 0 N–H and O–H groups in total. The maximum atomic E-state index is 13.1. The van der Waals surface area contributed by atoms with Gasteiger partial charge in [-0.25, -0.2) is 0 Å². The van der Waals surface area contributed by atoms with Crippen molar-refractivity contribution in [3.8, 4) is 5.75 Å². The van der Waals surface area contributed by atoms with E-state index in [0.29, 0.717) is 52.6 Å². The highest BCUT2D eigenvalue weighted by molar-refractivity contribution is 6.04. The van der Waals surface area contributed by atoms with Crippen molar-refractivity contribution < 1.29 is 23.8 Å². The molecule has 0 spiro atoms. The van der Waals surface area contributed by atoms with E-state index in [2.05, 4.69) is 0 Å². The highest BCUT2D eigenvalue weighted by atomic mass is 16.5. The van der Waals surface area contributed by atoms with Crippen molar-refractivity contribution in [1.82, 2.24) is 9.80 Å². The van der Waals surface area contributed by atoms with Crippen molar-refractivity contribution in [3.63, 3.8) is 0 Å². The monoisotopic (exact) mass is 375 g/mol. The van der Waals surface area contributed by atoms with Gasteiger partial charge in [-0.05, 0) is 24.3 Å². The number of hydrogen-bond acceptors (Lipinski definition) is 6. The first-order valence-electron chi connectivity index (χ1n) is 9.36. The molecule has 8 heteroatoms. The molecule has 8 nitrogen and oxygen atoms in total. The Morgan fingerprint density at radius 1 is 0.852 bits per heavy atom. The van der Waals surface area contributed by atoms with Crippen molar-refractivity contribution in [2.45, 2.75) is 12.1 Å². The van der Waals surface area contributed by atoms with Gasteiger partial charge < -0.3 is 28.9 Å². The first kappa shape index (κ1) is 18.1. The maximum Gasteiger partial charge on any atom is 0.248 e. The van der Waals surface area contributed by atoms with Crippen LogP contribution >= 0.6 is 0 Å². The van der Waals surface area contributed by atoms with Crippen LogP contribution in [0, 0.1) is 0 Å². The predicted molar refractivity (Wildman–Crippen MR) is 97.8 cm³/mol. The summed E-state index contributed by atoms with van der Waals surface area (Å²) in [6, 6.07) is 6.58. The van der Waals surface area contributed by atoms with Gasteiger partial charge in [-0.2, -0.15) is 0 Å². The third kappa shape index (κ3) is 3.59. The lowest BCUT2D eigenvalue weighted by atomic mass is 10.2. The predicted octanol–water partition coefficient (Wildman–Crippen LogP) is -0.0300. The molecule has 1 aromatic rings. The molecule has 0 radical (unpaired) electrons. The Labute approximate surface area is 158 Å². The van der Waals surface area contributed by atoms with Crippen molar-refractivity contribution >= 4 is 17.5 Å². The molecule has 0 saturated carbocycles. The van der Waals surface area contributed by atoms with Crippen molar-refractivity contribution in [2.75, 3.05) is 64.6 Å². The number of hydrogen-bond donors (Lipinski definition) is 0. The largest absolute Gasteiger partial charge is 0.497 e.